The minimum atomic E-state index is 0. The van der Waals surface area contributed by atoms with Crippen LogP contribution < -0.4 is 5.73 Å². The van der Waals surface area contributed by atoms with Gasteiger partial charge in [0.2, 0.25) is 5.91 Å². The first-order valence-electron chi connectivity index (χ1n) is 6.26. The highest BCUT2D eigenvalue weighted by atomic mass is 35.5. The fraction of sp³-hybridized carbons (Fsp3) is 0.500. The van der Waals surface area contributed by atoms with Crippen molar-refractivity contribution in [3.8, 4) is 0 Å². The van der Waals surface area contributed by atoms with Crippen molar-refractivity contribution in [2.45, 2.75) is 32.2 Å². The molecule has 0 aliphatic carbocycles. The average molecular weight is 269 g/mol. The van der Waals surface area contributed by atoms with E-state index in [1.54, 1.807) is 0 Å². The largest absolute Gasteiger partial charge is 0.338 e. The van der Waals surface area contributed by atoms with Crippen molar-refractivity contribution in [3.05, 3.63) is 35.4 Å². The van der Waals surface area contributed by atoms with Crippen molar-refractivity contribution in [1.82, 2.24) is 4.90 Å². The van der Waals surface area contributed by atoms with Gasteiger partial charge in [0.05, 0.1) is 6.42 Å². The van der Waals surface area contributed by atoms with E-state index < -0.39 is 0 Å². The molecular formula is C14H21ClN2O. The maximum Gasteiger partial charge on any atom is 0.227 e. The van der Waals surface area contributed by atoms with Crippen molar-refractivity contribution < 1.29 is 4.79 Å². The summed E-state index contributed by atoms with van der Waals surface area (Å²) >= 11 is 0. The van der Waals surface area contributed by atoms with Crippen molar-refractivity contribution in [3.63, 3.8) is 0 Å². The predicted octanol–water partition coefficient (Wildman–Crippen LogP) is 1.91. The summed E-state index contributed by atoms with van der Waals surface area (Å²) in [6, 6.07) is 8.41. The van der Waals surface area contributed by atoms with Crippen molar-refractivity contribution in [2.75, 3.05) is 13.1 Å². The third-order valence-corrected chi connectivity index (χ3v) is 3.45. The molecule has 1 aromatic rings. The number of amides is 1. The molecule has 1 aliphatic heterocycles. The number of nitrogens with zero attached hydrogens (tertiary/aromatic N) is 1. The molecule has 18 heavy (non-hydrogen) atoms. The number of halogens is 1. The fourth-order valence-corrected chi connectivity index (χ4v) is 2.39. The topological polar surface area (TPSA) is 46.3 Å². The first-order valence-corrected chi connectivity index (χ1v) is 6.26. The molecule has 1 atom stereocenters. The molecule has 2 N–H and O–H groups in total. The zero-order valence-electron chi connectivity index (χ0n) is 10.8. The number of benzene rings is 1. The van der Waals surface area contributed by atoms with Crippen LogP contribution in [0.1, 0.15) is 24.0 Å². The van der Waals surface area contributed by atoms with E-state index in [-0.39, 0.29) is 24.4 Å². The lowest BCUT2D eigenvalue weighted by Crippen LogP contribution is -2.40. The zero-order valence-corrected chi connectivity index (χ0v) is 11.6. The fourth-order valence-electron chi connectivity index (χ4n) is 2.39. The molecule has 1 fully saturated rings. The van der Waals surface area contributed by atoms with Crippen LogP contribution in [0.25, 0.3) is 0 Å². The van der Waals surface area contributed by atoms with Crippen molar-refractivity contribution in [1.29, 1.82) is 0 Å². The summed E-state index contributed by atoms with van der Waals surface area (Å²) < 4.78 is 0. The van der Waals surface area contributed by atoms with Gasteiger partial charge in [-0.1, -0.05) is 29.8 Å². The van der Waals surface area contributed by atoms with Crippen LogP contribution in [0.15, 0.2) is 24.3 Å². The number of carbonyl (C=O) groups excluding carboxylic acids is 1. The van der Waals surface area contributed by atoms with E-state index >= 15 is 0 Å². The molecular weight excluding hydrogens is 248 g/mol. The average Bonchev–Trinajstić information content (AvgIpc) is 2.80. The Morgan fingerprint density at radius 1 is 1.39 bits per heavy atom. The third kappa shape index (κ3) is 3.47. The number of hydrogen-bond acceptors (Lipinski definition) is 2. The second kappa shape index (κ2) is 6.76. The Labute approximate surface area is 115 Å². The van der Waals surface area contributed by atoms with E-state index in [2.05, 4.69) is 6.92 Å². The van der Waals surface area contributed by atoms with Gasteiger partial charge in [0.1, 0.15) is 0 Å². The molecule has 4 heteroatoms. The number of hydrogen-bond donors (Lipinski definition) is 1. The van der Waals surface area contributed by atoms with E-state index in [1.165, 1.54) is 5.56 Å². The van der Waals surface area contributed by atoms with Crippen LogP contribution in [0.3, 0.4) is 0 Å². The minimum absolute atomic E-state index is 0. The normalized spacial score (nSPS) is 18.6. The van der Waals surface area contributed by atoms with E-state index in [4.69, 9.17) is 5.73 Å². The predicted molar refractivity (Wildman–Crippen MR) is 75.9 cm³/mol. The molecule has 1 saturated heterocycles. The summed E-state index contributed by atoms with van der Waals surface area (Å²) in [4.78, 5) is 14.1. The van der Waals surface area contributed by atoms with E-state index in [0.717, 1.165) is 24.9 Å². The summed E-state index contributed by atoms with van der Waals surface area (Å²) in [6.07, 6.45) is 2.63. The van der Waals surface area contributed by atoms with E-state index in [1.807, 2.05) is 29.2 Å². The first kappa shape index (κ1) is 15.0. The van der Waals surface area contributed by atoms with Gasteiger partial charge >= 0.3 is 0 Å². The van der Waals surface area contributed by atoms with Crippen molar-refractivity contribution in [2.24, 2.45) is 5.73 Å². The van der Waals surface area contributed by atoms with E-state index in [0.29, 0.717) is 13.0 Å². The molecule has 3 nitrogen and oxygen atoms in total. The number of carbonyl (C=O) groups is 1. The quantitative estimate of drug-likeness (QED) is 0.910. The van der Waals surface area contributed by atoms with Gasteiger partial charge < -0.3 is 10.6 Å². The highest BCUT2D eigenvalue weighted by Gasteiger charge is 2.27. The van der Waals surface area contributed by atoms with Crippen LogP contribution in [0.5, 0.6) is 0 Å². The highest BCUT2D eigenvalue weighted by molar-refractivity contribution is 5.85. The lowest BCUT2D eigenvalue weighted by atomic mass is 10.1. The van der Waals surface area contributed by atoms with Gasteiger partial charge in [0.25, 0.3) is 0 Å². The summed E-state index contributed by atoms with van der Waals surface area (Å²) in [5.74, 6) is 0.210. The van der Waals surface area contributed by atoms with Gasteiger partial charge in [-0.2, -0.15) is 0 Å². The number of aryl methyl sites for hydroxylation is 1. The van der Waals surface area contributed by atoms with Gasteiger partial charge in [0.15, 0.2) is 0 Å². The minimum Gasteiger partial charge on any atom is -0.338 e. The molecule has 1 aromatic carbocycles. The molecule has 0 spiro atoms. The Morgan fingerprint density at radius 3 is 2.67 bits per heavy atom. The molecule has 1 unspecified atom stereocenters. The van der Waals surface area contributed by atoms with E-state index in [9.17, 15) is 4.79 Å². The standard InChI is InChI=1S/C14H20N2O.ClH/c1-11-4-6-12(7-5-11)9-14(17)16-8-2-3-13(16)10-15;/h4-7,13H,2-3,8-10,15H2,1H3;1H. The molecule has 1 amide bonds. The van der Waals surface area contributed by atoms with Crippen LogP contribution in [0.2, 0.25) is 0 Å². The first-order chi connectivity index (χ1) is 8.20. The Bertz CT molecular complexity index is 391. The second-order valence-corrected chi connectivity index (χ2v) is 4.78. The van der Waals surface area contributed by atoms with Gasteiger partial charge in [0, 0.05) is 19.1 Å². The monoisotopic (exact) mass is 268 g/mol. The second-order valence-electron chi connectivity index (χ2n) is 4.78. The van der Waals surface area contributed by atoms with Gasteiger partial charge in [-0.05, 0) is 25.3 Å². The van der Waals surface area contributed by atoms with Crippen LogP contribution in [0, 0.1) is 6.92 Å². The molecule has 0 aromatic heterocycles. The molecule has 1 heterocycles. The number of rotatable bonds is 3. The molecule has 2 rings (SSSR count). The SMILES string of the molecule is Cc1ccc(CC(=O)N2CCCC2CN)cc1.Cl. The van der Waals surface area contributed by atoms with Gasteiger partial charge in [-0.15, -0.1) is 12.4 Å². The Hall–Kier alpha value is -1.06. The summed E-state index contributed by atoms with van der Waals surface area (Å²) in [7, 11) is 0. The Kier molecular flexibility index (Phi) is 5.63. The lowest BCUT2D eigenvalue weighted by Gasteiger charge is -2.23. The van der Waals surface area contributed by atoms with Gasteiger partial charge in [-0.3, -0.25) is 4.79 Å². The molecule has 100 valence electrons. The summed E-state index contributed by atoms with van der Waals surface area (Å²) in [5.41, 5.74) is 7.99. The highest BCUT2D eigenvalue weighted by Crippen LogP contribution is 2.17. The van der Waals surface area contributed by atoms with Crippen LogP contribution in [-0.2, 0) is 11.2 Å². The van der Waals surface area contributed by atoms with Crippen LogP contribution in [-0.4, -0.2) is 29.9 Å². The van der Waals surface area contributed by atoms with Crippen LogP contribution in [0.4, 0.5) is 0 Å². The maximum atomic E-state index is 12.1. The third-order valence-electron chi connectivity index (χ3n) is 3.45. The number of likely N-dealkylation sites (tertiary alicyclic amines) is 1. The molecule has 0 radical (unpaired) electrons. The molecule has 0 bridgehead atoms. The smallest absolute Gasteiger partial charge is 0.227 e. The maximum absolute atomic E-state index is 12.1. The van der Waals surface area contributed by atoms with Crippen LogP contribution >= 0.6 is 12.4 Å². The lowest BCUT2D eigenvalue weighted by molar-refractivity contribution is -0.131. The Morgan fingerprint density at radius 2 is 2.06 bits per heavy atom. The Balaban J connectivity index is 0.00000162. The molecule has 1 aliphatic rings. The summed E-state index contributed by atoms with van der Waals surface area (Å²) in [5, 5.41) is 0. The van der Waals surface area contributed by atoms with Gasteiger partial charge in [-0.25, -0.2) is 0 Å². The summed E-state index contributed by atoms with van der Waals surface area (Å²) in [6.45, 7) is 3.50. The zero-order chi connectivity index (χ0) is 12.3. The number of nitrogens with two attached hydrogens (primary N) is 1. The molecule has 0 saturated carbocycles. The van der Waals surface area contributed by atoms with Crippen molar-refractivity contribution >= 4 is 18.3 Å².